The predicted octanol–water partition coefficient (Wildman–Crippen LogP) is 5.07. The Morgan fingerprint density at radius 2 is 1.57 bits per heavy atom. The van der Waals surface area contributed by atoms with Crippen LogP contribution in [-0.2, 0) is 19.6 Å². The van der Waals surface area contributed by atoms with Crippen LogP contribution in [-0.4, -0.2) is 5.11 Å². The van der Waals surface area contributed by atoms with Gasteiger partial charge in [-0.15, -0.1) is 0 Å². The maximum Gasteiger partial charge on any atom is 0.343 e. The number of fused-ring (bicyclic) bond motifs is 1. The van der Waals surface area contributed by atoms with Gasteiger partial charge >= 0.3 is 5.63 Å². The van der Waals surface area contributed by atoms with Gasteiger partial charge in [0.1, 0.15) is 17.9 Å². The van der Waals surface area contributed by atoms with Gasteiger partial charge in [-0.1, -0.05) is 54.6 Å². The van der Waals surface area contributed by atoms with Crippen molar-refractivity contribution in [3.8, 4) is 5.75 Å². The molecule has 152 valence electrons. The smallest absolute Gasteiger partial charge is 0.343 e. The van der Waals surface area contributed by atoms with E-state index in [9.17, 15) is 9.90 Å². The zero-order valence-electron chi connectivity index (χ0n) is 17.1. The van der Waals surface area contributed by atoms with Gasteiger partial charge < -0.3 is 14.3 Å². The number of ether oxygens (including phenoxy) is 1. The van der Waals surface area contributed by atoms with Crippen molar-refractivity contribution in [1.82, 2.24) is 0 Å². The lowest BCUT2D eigenvalue weighted by molar-refractivity contribution is 0.281. The second-order valence-electron chi connectivity index (χ2n) is 7.50. The van der Waals surface area contributed by atoms with Crippen molar-refractivity contribution in [3.63, 3.8) is 0 Å². The molecule has 0 radical (unpaired) electrons. The highest BCUT2D eigenvalue weighted by atomic mass is 16.5. The first kappa shape index (κ1) is 19.9. The Labute approximate surface area is 175 Å². The summed E-state index contributed by atoms with van der Waals surface area (Å²) in [5.74, 6) is 0.539. The molecular formula is C26H24O4. The van der Waals surface area contributed by atoms with Gasteiger partial charge in [0.2, 0.25) is 0 Å². The zero-order chi connectivity index (χ0) is 21.1. The highest BCUT2D eigenvalue weighted by Crippen LogP contribution is 2.31. The second-order valence-corrected chi connectivity index (χ2v) is 7.50. The highest BCUT2D eigenvalue weighted by Gasteiger charge is 2.18. The Morgan fingerprint density at radius 1 is 0.900 bits per heavy atom. The van der Waals surface area contributed by atoms with Crippen LogP contribution < -0.4 is 10.4 Å². The van der Waals surface area contributed by atoms with Crippen LogP contribution in [0.25, 0.3) is 11.0 Å². The highest BCUT2D eigenvalue weighted by molar-refractivity contribution is 5.85. The van der Waals surface area contributed by atoms with E-state index in [-0.39, 0.29) is 6.61 Å². The van der Waals surface area contributed by atoms with Gasteiger partial charge in [-0.2, -0.15) is 0 Å². The number of rotatable bonds is 6. The SMILES string of the molecule is Cc1ccccc1COc1c(Cc2ccccc2C)c(=O)oc2cc(CO)ccc12. The number of aliphatic hydroxyl groups excluding tert-OH is 1. The summed E-state index contributed by atoms with van der Waals surface area (Å²) in [7, 11) is 0. The predicted molar refractivity (Wildman–Crippen MR) is 118 cm³/mol. The first-order valence-electron chi connectivity index (χ1n) is 9.98. The van der Waals surface area contributed by atoms with Crippen molar-refractivity contribution < 1.29 is 14.3 Å². The lowest BCUT2D eigenvalue weighted by Gasteiger charge is -2.15. The average Bonchev–Trinajstić information content (AvgIpc) is 2.75. The van der Waals surface area contributed by atoms with E-state index in [0.29, 0.717) is 35.5 Å². The Kier molecular flexibility index (Phi) is 5.68. The second kappa shape index (κ2) is 8.56. The van der Waals surface area contributed by atoms with Crippen LogP contribution in [0.3, 0.4) is 0 Å². The number of hydrogen-bond donors (Lipinski definition) is 1. The molecule has 0 amide bonds. The fourth-order valence-corrected chi connectivity index (χ4v) is 3.59. The van der Waals surface area contributed by atoms with Crippen LogP contribution in [0.1, 0.15) is 33.4 Å². The lowest BCUT2D eigenvalue weighted by Crippen LogP contribution is -2.13. The minimum atomic E-state index is -0.416. The molecule has 4 aromatic rings. The van der Waals surface area contributed by atoms with E-state index in [1.807, 2.05) is 74.5 Å². The summed E-state index contributed by atoms with van der Waals surface area (Å²) in [5.41, 5.74) is 5.54. The summed E-state index contributed by atoms with van der Waals surface area (Å²) in [6.07, 6.45) is 0.426. The lowest BCUT2D eigenvalue weighted by atomic mass is 9.99. The fraction of sp³-hybridized carbons (Fsp3) is 0.192. The third-order valence-corrected chi connectivity index (χ3v) is 5.46. The van der Waals surface area contributed by atoms with Gasteiger partial charge in [-0.3, -0.25) is 0 Å². The van der Waals surface area contributed by atoms with Crippen molar-refractivity contribution in [2.75, 3.05) is 0 Å². The van der Waals surface area contributed by atoms with Gasteiger partial charge in [0, 0.05) is 6.42 Å². The topological polar surface area (TPSA) is 59.7 Å². The van der Waals surface area contributed by atoms with Crippen molar-refractivity contribution in [3.05, 3.63) is 111 Å². The summed E-state index contributed by atoms with van der Waals surface area (Å²) < 4.78 is 11.9. The molecule has 0 spiro atoms. The molecule has 0 unspecified atom stereocenters. The number of hydrogen-bond acceptors (Lipinski definition) is 4. The maximum absolute atomic E-state index is 12.9. The minimum Gasteiger partial charge on any atom is -0.488 e. The summed E-state index contributed by atoms with van der Waals surface area (Å²) in [5, 5.41) is 10.2. The first-order chi connectivity index (χ1) is 14.6. The van der Waals surface area contributed by atoms with Crippen LogP contribution in [0.4, 0.5) is 0 Å². The van der Waals surface area contributed by atoms with E-state index in [2.05, 4.69) is 0 Å². The third kappa shape index (κ3) is 4.00. The van der Waals surface area contributed by atoms with Crippen molar-refractivity contribution in [2.45, 2.75) is 33.5 Å². The molecule has 4 heteroatoms. The number of aliphatic hydroxyl groups is 1. The molecule has 0 aliphatic heterocycles. The Balaban J connectivity index is 1.83. The molecule has 0 fully saturated rings. The van der Waals surface area contributed by atoms with Gasteiger partial charge in [0.05, 0.1) is 17.6 Å². The quantitative estimate of drug-likeness (QED) is 0.459. The van der Waals surface area contributed by atoms with Crippen LogP contribution in [0.5, 0.6) is 5.75 Å². The summed E-state index contributed by atoms with van der Waals surface area (Å²) in [6, 6.07) is 21.4. The van der Waals surface area contributed by atoms with Gasteiger partial charge in [0.25, 0.3) is 0 Å². The molecule has 4 nitrogen and oxygen atoms in total. The molecule has 30 heavy (non-hydrogen) atoms. The van der Waals surface area contributed by atoms with Crippen molar-refractivity contribution in [1.29, 1.82) is 0 Å². The zero-order valence-corrected chi connectivity index (χ0v) is 17.1. The molecule has 0 saturated heterocycles. The van der Waals surface area contributed by atoms with E-state index in [4.69, 9.17) is 9.15 Å². The molecular weight excluding hydrogens is 376 g/mol. The fourth-order valence-electron chi connectivity index (χ4n) is 3.59. The molecule has 1 heterocycles. The van der Waals surface area contributed by atoms with Gasteiger partial charge in [-0.05, 0) is 53.8 Å². The molecule has 0 aliphatic carbocycles. The molecule has 0 aliphatic rings. The Morgan fingerprint density at radius 3 is 2.23 bits per heavy atom. The normalized spacial score (nSPS) is 11.0. The van der Waals surface area contributed by atoms with Gasteiger partial charge in [0.15, 0.2) is 0 Å². The van der Waals surface area contributed by atoms with Crippen LogP contribution in [0.2, 0.25) is 0 Å². The van der Waals surface area contributed by atoms with Crippen LogP contribution >= 0.6 is 0 Å². The maximum atomic E-state index is 12.9. The summed E-state index contributed by atoms with van der Waals surface area (Å²) >= 11 is 0. The Hall–Kier alpha value is -3.37. The van der Waals surface area contributed by atoms with E-state index in [1.165, 1.54) is 0 Å². The minimum absolute atomic E-state index is 0.121. The molecule has 0 saturated carbocycles. The third-order valence-electron chi connectivity index (χ3n) is 5.46. The van der Waals surface area contributed by atoms with Crippen molar-refractivity contribution in [2.24, 2.45) is 0 Å². The molecule has 1 N–H and O–H groups in total. The van der Waals surface area contributed by atoms with E-state index in [0.717, 1.165) is 27.6 Å². The largest absolute Gasteiger partial charge is 0.488 e. The average molecular weight is 400 g/mol. The molecule has 4 rings (SSSR count). The van der Waals surface area contributed by atoms with E-state index >= 15 is 0 Å². The Bertz CT molecular complexity index is 1250. The molecule has 0 bridgehead atoms. The van der Waals surface area contributed by atoms with Gasteiger partial charge in [-0.25, -0.2) is 4.79 Å². The van der Waals surface area contributed by atoms with Crippen molar-refractivity contribution >= 4 is 11.0 Å². The van der Waals surface area contributed by atoms with Crippen LogP contribution in [0, 0.1) is 13.8 Å². The standard InChI is InChI=1S/C26H24O4/c1-17-7-3-5-9-20(17)14-23-25(29-16-21-10-6-4-8-18(21)2)22-12-11-19(15-27)13-24(22)30-26(23)28/h3-13,27H,14-16H2,1-2H3. The van der Waals surface area contributed by atoms with E-state index < -0.39 is 5.63 Å². The first-order valence-corrected chi connectivity index (χ1v) is 9.98. The number of benzene rings is 3. The molecule has 3 aromatic carbocycles. The molecule has 0 atom stereocenters. The number of aryl methyl sites for hydroxylation is 2. The molecule has 1 aromatic heterocycles. The summed E-state index contributed by atoms with van der Waals surface area (Å²) in [6.45, 7) is 4.30. The monoisotopic (exact) mass is 400 g/mol. The van der Waals surface area contributed by atoms with Crippen LogP contribution in [0.15, 0.2) is 75.9 Å². The summed E-state index contributed by atoms with van der Waals surface area (Å²) in [4.78, 5) is 12.9. The van der Waals surface area contributed by atoms with E-state index in [1.54, 1.807) is 6.07 Å².